The molecule has 1 aromatic heterocycles. The number of benzene rings is 1. The highest BCUT2D eigenvalue weighted by molar-refractivity contribution is 5.27. The van der Waals surface area contributed by atoms with Crippen LogP contribution in [0.2, 0.25) is 0 Å². The van der Waals surface area contributed by atoms with E-state index in [-0.39, 0.29) is 6.10 Å². The number of nitrogens with zero attached hydrogens (tertiary/aromatic N) is 1. The molecule has 106 valence electrons. The SMILES string of the molecule is CC(C)Oc1cncc(CC(CN)c2ccccc2)c1. The molecular formula is C17H22N2O. The third-order valence-corrected chi connectivity index (χ3v) is 3.18. The molecule has 0 aliphatic carbocycles. The van der Waals surface area contributed by atoms with E-state index in [0.717, 1.165) is 17.7 Å². The summed E-state index contributed by atoms with van der Waals surface area (Å²) in [6.07, 6.45) is 4.68. The first-order valence-corrected chi connectivity index (χ1v) is 7.04. The van der Waals surface area contributed by atoms with E-state index in [1.807, 2.05) is 26.1 Å². The van der Waals surface area contributed by atoms with Crippen molar-refractivity contribution in [2.24, 2.45) is 5.73 Å². The van der Waals surface area contributed by atoms with E-state index in [2.05, 4.69) is 35.3 Å². The third kappa shape index (κ3) is 4.07. The Morgan fingerprint density at radius 2 is 1.90 bits per heavy atom. The van der Waals surface area contributed by atoms with Gasteiger partial charge in [0.1, 0.15) is 5.75 Å². The predicted molar refractivity (Wildman–Crippen MR) is 81.9 cm³/mol. The molecule has 0 saturated carbocycles. The molecule has 0 radical (unpaired) electrons. The van der Waals surface area contributed by atoms with Crippen molar-refractivity contribution in [1.82, 2.24) is 4.98 Å². The van der Waals surface area contributed by atoms with Gasteiger partial charge in [0.05, 0.1) is 12.3 Å². The van der Waals surface area contributed by atoms with Crippen LogP contribution in [0.1, 0.15) is 30.9 Å². The predicted octanol–water partition coefficient (Wildman–Crippen LogP) is 3.15. The standard InChI is InChI=1S/C17H22N2O/c1-13(2)20-17-9-14(11-19-12-17)8-16(10-18)15-6-4-3-5-7-15/h3-7,9,11-13,16H,8,10,18H2,1-2H3. The third-order valence-electron chi connectivity index (χ3n) is 3.18. The van der Waals surface area contributed by atoms with Gasteiger partial charge in [-0.3, -0.25) is 4.98 Å². The maximum Gasteiger partial charge on any atom is 0.138 e. The van der Waals surface area contributed by atoms with E-state index in [9.17, 15) is 0 Å². The van der Waals surface area contributed by atoms with Gasteiger partial charge in [-0.05, 0) is 44.0 Å². The summed E-state index contributed by atoms with van der Waals surface area (Å²) < 4.78 is 5.68. The summed E-state index contributed by atoms with van der Waals surface area (Å²) in [7, 11) is 0. The van der Waals surface area contributed by atoms with Gasteiger partial charge in [0.25, 0.3) is 0 Å². The van der Waals surface area contributed by atoms with Gasteiger partial charge in [-0.1, -0.05) is 30.3 Å². The molecule has 0 fully saturated rings. The van der Waals surface area contributed by atoms with Crippen molar-refractivity contribution in [1.29, 1.82) is 0 Å². The zero-order chi connectivity index (χ0) is 14.4. The van der Waals surface area contributed by atoms with Gasteiger partial charge in [-0.25, -0.2) is 0 Å². The van der Waals surface area contributed by atoms with Crippen LogP contribution in [0.4, 0.5) is 0 Å². The summed E-state index contributed by atoms with van der Waals surface area (Å²) in [4.78, 5) is 4.25. The van der Waals surface area contributed by atoms with Gasteiger partial charge in [-0.15, -0.1) is 0 Å². The van der Waals surface area contributed by atoms with E-state index < -0.39 is 0 Å². The van der Waals surface area contributed by atoms with Crippen molar-refractivity contribution in [2.45, 2.75) is 32.3 Å². The lowest BCUT2D eigenvalue weighted by Crippen LogP contribution is -2.15. The minimum Gasteiger partial charge on any atom is -0.489 e. The van der Waals surface area contributed by atoms with Crippen LogP contribution in [0.3, 0.4) is 0 Å². The summed E-state index contributed by atoms with van der Waals surface area (Å²) in [5.41, 5.74) is 8.34. The van der Waals surface area contributed by atoms with Gasteiger partial charge in [0.15, 0.2) is 0 Å². The largest absolute Gasteiger partial charge is 0.489 e. The minimum atomic E-state index is 0.159. The van der Waals surface area contributed by atoms with Gasteiger partial charge in [0, 0.05) is 12.1 Å². The Morgan fingerprint density at radius 3 is 2.55 bits per heavy atom. The molecule has 0 saturated heterocycles. The van der Waals surface area contributed by atoms with Crippen LogP contribution in [0, 0.1) is 0 Å². The Bertz CT molecular complexity index is 526. The highest BCUT2D eigenvalue weighted by atomic mass is 16.5. The van der Waals surface area contributed by atoms with Gasteiger partial charge < -0.3 is 10.5 Å². The molecular weight excluding hydrogens is 248 g/mol. The molecule has 0 aliphatic heterocycles. The van der Waals surface area contributed by atoms with E-state index in [4.69, 9.17) is 10.5 Å². The second-order valence-electron chi connectivity index (χ2n) is 5.24. The van der Waals surface area contributed by atoms with Gasteiger partial charge >= 0.3 is 0 Å². The van der Waals surface area contributed by atoms with E-state index in [0.29, 0.717) is 12.5 Å². The van der Waals surface area contributed by atoms with Crippen LogP contribution >= 0.6 is 0 Å². The first-order valence-electron chi connectivity index (χ1n) is 7.04. The molecule has 2 rings (SSSR count). The molecule has 2 aromatic rings. The maximum atomic E-state index is 5.92. The normalized spacial score (nSPS) is 12.4. The van der Waals surface area contributed by atoms with E-state index in [1.165, 1.54) is 5.56 Å². The van der Waals surface area contributed by atoms with Crippen LogP contribution in [0.25, 0.3) is 0 Å². The molecule has 3 heteroatoms. The Labute approximate surface area is 120 Å². The molecule has 1 heterocycles. The first-order chi connectivity index (χ1) is 9.69. The summed E-state index contributed by atoms with van der Waals surface area (Å²) in [6.45, 7) is 4.65. The molecule has 0 bridgehead atoms. The maximum absolute atomic E-state index is 5.92. The van der Waals surface area contributed by atoms with Crippen LogP contribution < -0.4 is 10.5 Å². The first kappa shape index (κ1) is 14.5. The fourth-order valence-electron chi connectivity index (χ4n) is 2.26. The molecule has 2 N–H and O–H groups in total. The van der Waals surface area contributed by atoms with Crippen molar-refractivity contribution in [3.05, 3.63) is 59.9 Å². The Morgan fingerprint density at radius 1 is 1.15 bits per heavy atom. The van der Waals surface area contributed by atoms with Crippen molar-refractivity contribution in [3.63, 3.8) is 0 Å². The number of ether oxygens (including phenoxy) is 1. The average Bonchev–Trinajstić information content (AvgIpc) is 2.45. The Balaban J connectivity index is 2.12. The van der Waals surface area contributed by atoms with Gasteiger partial charge in [0.2, 0.25) is 0 Å². The molecule has 0 spiro atoms. The molecule has 0 aliphatic rings. The smallest absolute Gasteiger partial charge is 0.138 e. The number of hydrogen-bond acceptors (Lipinski definition) is 3. The second-order valence-corrected chi connectivity index (χ2v) is 5.24. The molecule has 1 atom stereocenters. The quantitative estimate of drug-likeness (QED) is 0.877. The monoisotopic (exact) mass is 270 g/mol. The summed E-state index contributed by atoms with van der Waals surface area (Å²) >= 11 is 0. The minimum absolute atomic E-state index is 0.159. The molecule has 1 aromatic carbocycles. The van der Waals surface area contributed by atoms with E-state index in [1.54, 1.807) is 6.20 Å². The molecule has 1 unspecified atom stereocenters. The number of nitrogens with two attached hydrogens (primary N) is 1. The number of aromatic nitrogens is 1. The number of rotatable bonds is 6. The summed E-state index contributed by atoms with van der Waals surface area (Å²) in [5, 5.41) is 0. The Kier molecular flexibility index (Phi) is 5.13. The fourth-order valence-corrected chi connectivity index (χ4v) is 2.26. The number of hydrogen-bond donors (Lipinski definition) is 1. The molecule has 3 nitrogen and oxygen atoms in total. The number of pyridine rings is 1. The summed E-state index contributed by atoms with van der Waals surface area (Å²) in [6, 6.07) is 12.4. The van der Waals surface area contributed by atoms with E-state index >= 15 is 0 Å². The van der Waals surface area contributed by atoms with Crippen LogP contribution in [-0.2, 0) is 6.42 Å². The fraction of sp³-hybridized carbons (Fsp3) is 0.353. The van der Waals surface area contributed by atoms with Crippen LogP contribution in [-0.4, -0.2) is 17.6 Å². The lowest BCUT2D eigenvalue weighted by molar-refractivity contribution is 0.241. The second kappa shape index (κ2) is 7.06. The van der Waals surface area contributed by atoms with Crippen LogP contribution in [0.15, 0.2) is 48.8 Å². The lowest BCUT2D eigenvalue weighted by atomic mass is 9.93. The van der Waals surface area contributed by atoms with Crippen LogP contribution in [0.5, 0.6) is 5.75 Å². The average molecular weight is 270 g/mol. The lowest BCUT2D eigenvalue weighted by Gasteiger charge is -2.16. The van der Waals surface area contributed by atoms with Crippen molar-refractivity contribution in [2.75, 3.05) is 6.54 Å². The topological polar surface area (TPSA) is 48.1 Å². The molecule has 20 heavy (non-hydrogen) atoms. The highest BCUT2D eigenvalue weighted by Gasteiger charge is 2.11. The summed E-state index contributed by atoms with van der Waals surface area (Å²) in [5.74, 6) is 1.13. The zero-order valence-electron chi connectivity index (χ0n) is 12.1. The van der Waals surface area contributed by atoms with Crippen molar-refractivity contribution < 1.29 is 4.74 Å². The van der Waals surface area contributed by atoms with Crippen molar-refractivity contribution in [3.8, 4) is 5.75 Å². The van der Waals surface area contributed by atoms with Gasteiger partial charge in [-0.2, -0.15) is 0 Å². The highest BCUT2D eigenvalue weighted by Crippen LogP contribution is 2.22. The molecule has 0 amide bonds. The Hall–Kier alpha value is -1.87. The zero-order valence-corrected chi connectivity index (χ0v) is 12.1. The van der Waals surface area contributed by atoms with Crippen molar-refractivity contribution >= 4 is 0 Å².